The Bertz CT molecular complexity index is 168. The van der Waals surface area contributed by atoms with Crippen molar-refractivity contribution in [2.24, 2.45) is 0 Å². The smallest absolute Gasteiger partial charge is 0.0766 e. The molecule has 0 fully saturated rings. The van der Waals surface area contributed by atoms with E-state index in [1.165, 1.54) is 90.1 Å². The molecule has 0 aromatic rings. The predicted octanol–water partition coefficient (Wildman–Crippen LogP) is -3.01. The van der Waals surface area contributed by atoms with Crippen molar-refractivity contribution >= 4 is 0 Å². The third-order valence-electron chi connectivity index (χ3n) is 4.06. The number of halogens is 2. The molecule has 0 aliphatic rings. The Balaban J connectivity index is -0.000000154. The normalized spacial score (nSPS) is 10.0. The molecule has 0 amide bonds. The third-order valence-corrected chi connectivity index (χ3v) is 4.06. The highest BCUT2D eigenvalue weighted by molar-refractivity contribution is 4.42. The van der Waals surface area contributed by atoms with Crippen molar-refractivity contribution in [3.8, 4) is 0 Å². The van der Waals surface area contributed by atoms with Crippen molar-refractivity contribution in [2.45, 2.75) is 90.9 Å². The van der Waals surface area contributed by atoms with E-state index in [0.717, 1.165) is 0 Å². The summed E-state index contributed by atoms with van der Waals surface area (Å²) >= 11 is 0. The molecule has 0 saturated heterocycles. The van der Waals surface area contributed by atoms with Crippen LogP contribution in [0.5, 0.6) is 0 Å². The Kier molecular flexibility index (Phi) is 38.0. The Morgan fingerprint density at radius 1 is 0.417 bits per heavy atom. The Morgan fingerprint density at radius 2 is 0.667 bits per heavy atom. The molecule has 0 aliphatic carbocycles. The topological polar surface area (TPSA) is 8.88 Å². The molecule has 0 unspecified atom stereocenters. The van der Waals surface area contributed by atoms with Crippen molar-refractivity contribution in [1.82, 2.24) is 0 Å². The lowest BCUT2D eigenvalue weighted by Crippen LogP contribution is -3.05. The van der Waals surface area contributed by atoms with Crippen LogP contribution in [0.15, 0.2) is 0 Å². The first-order chi connectivity index (χ1) is 10.5. The molecule has 0 saturated carbocycles. The molecule has 0 aromatic carbocycles. The molecule has 0 aromatic heterocycles. The van der Waals surface area contributed by atoms with Crippen molar-refractivity contribution < 1.29 is 34.6 Å². The standard InChI is InChI=1S/2C10H23N.2ClH/c2*1-4-5-6-7-8-9-10-11(2)3;;/h2*4-10H2,1-3H3;2*1H. The molecule has 24 heavy (non-hydrogen) atoms. The molecule has 2 nitrogen and oxygen atoms in total. The number of quaternary nitrogens is 2. The molecular weight excluding hydrogens is 339 g/mol. The average molecular weight is 388 g/mol. The van der Waals surface area contributed by atoms with Gasteiger partial charge in [-0.25, -0.2) is 0 Å². The summed E-state index contributed by atoms with van der Waals surface area (Å²) in [7, 11) is 8.91. The average Bonchev–Trinajstić information content (AvgIpc) is 2.46. The van der Waals surface area contributed by atoms with Crippen LogP contribution in [0.1, 0.15) is 90.9 Å². The first kappa shape index (κ1) is 32.2. The van der Waals surface area contributed by atoms with Crippen molar-refractivity contribution in [3.63, 3.8) is 0 Å². The third kappa shape index (κ3) is 38.2. The summed E-state index contributed by atoms with van der Waals surface area (Å²) in [6.07, 6.45) is 17.0. The van der Waals surface area contributed by atoms with E-state index in [0.29, 0.717) is 0 Å². The molecule has 0 rings (SSSR count). The second kappa shape index (κ2) is 28.3. The van der Waals surface area contributed by atoms with Gasteiger partial charge in [0.2, 0.25) is 0 Å². The lowest BCUT2D eigenvalue weighted by molar-refractivity contribution is -0.858. The quantitative estimate of drug-likeness (QED) is 0.294. The fraction of sp³-hybridized carbons (Fsp3) is 1.00. The van der Waals surface area contributed by atoms with Gasteiger partial charge in [-0.3, -0.25) is 0 Å². The van der Waals surface area contributed by atoms with Gasteiger partial charge in [0.25, 0.3) is 0 Å². The number of nitrogens with one attached hydrogen (secondary N) is 2. The van der Waals surface area contributed by atoms with Gasteiger partial charge in [0, 0.05) is 0 Å². The van der Waals surface area contributed by atoms with Crippen LogP contribution < -0.4 is 34.6 Å². The second-order valence-corrected chi connectivity index (χ2v) is 7.45. The Labute approximate surface area is 167 Å². The van der Waals surface area contributed by atoms with Gasteiger partial charge in [-0.15, -0.1) is 0 Å². The van der Waals surface area contributed by atoms with Crippen molar-refractivity contribution in [3.05, 3.63) is 0 Å². The molecular formula is C20H48Cl2N2. The van der Waals surface area contributed by atoms with Gasteiger partial charge in [0.05, 0.1) is 41.3 Å². The fourth-order valence-corrected chi connectivity index (χ4v) is 2.52. The van der Waals surface area contributed by atoms with Gasteiger partial charge < -0.3 is 34.6 Å². The Morgan fingerprint density at radius 3 is 0.917 bits per heavy atom. The van der Waals surface area contributed by atoms with E-state index in [1.54, 1.807) is 9.80 Å². The molecule has 0 bridgehead atoms. The SMILES string of the molecule is CCCCCCCC[NH+](C)C.CCCCCCCC[NH+](C)C.[Cl-].[Cl-]. The largest absolute Gasteiger partial charge is 1.00 e. The molecule has 0 spiro atoms. The van der Waals surface area contributed by atoms with Crippen LogP contribution in [0.2, 0.25) is 0 Å². The molecule has 152 valence electrons. The predicted molar refractivity (Wildman–Crippen MR) is 102 cm³/mol. The lowest BCUT2D eigenvalue weighted by atomic mass is 10.1. The molecule has 0 aliphatic heterocycles. The van der Waals surface area contributed by atoms with Gasteiger partial charge in [0.15, 0.2) is 0 Å². The summed E-state index contributed by atoms with van der Waals surface area (Å²) in [6, 6.07) is 0. The maximum atomic E-state index is 2.27. The van der Waals surface area contributed by atoms with Gasteiger partial charge in [-0.1, -0.05) is 65.2 Å². The summed E-state index contributed by atoms with van der Waals surface area (Å²) in [5.41, 5.74) is 0. The van der Waals surface area contributed by atoms with Crippen LogP contribution >= 0.6 is 0 Å². The van der Waals surface area contributed by atoms with Crippen LogP contribution in [0.25, 0.3) is 0 Å². The summed E-state index contributed by atoms with van der Waals surface area (Å²) < 4.78 is 0. The maximum Gasteiger partial charge on any atom is 0.0766 e. The zero-order chi connectivity index (χ0) is 17.1. The summed E-state index contributed by atoms with van der Waals surface area (Å²) in [5, 5.41) is 0. The van der Waals surface area contributed by atoms with E-state index in [1.807, 2.05) is 0 Å². The van der Waals surface area contributed by atoms with Gasteiger partial charge in [0.1, 0.15) is 0 Å². The lowest BCUT2D eigenvalue weighted by Gasteiger charge is -2.05. The highest BCUT2D eigenvalue weighted by Gasteiger charge is 1.94. The van der Waals surface area contributed by atoms with Gasteiger partial charge in [-0.2, -0.15) is 0 Å². The van der Waals surface area contributed by atoms with E-state index >= 15 is 0 Å². The van der Waals surface area contributed by atoms with Crippen LogP contribution in [-0.4, -0.2) is 41.3 Å². The van der Waals surface area contributed by atoms with Gasteiger partial charge >= 0.3 is 0 Å². The van der Waals surface area contributed by atoms with Gasteiger partial charge in [-0.05, 0) is 25.7 Å². The minimum Gasteiger partial charge on any atom is -1.00 e. The van der Waals surface area contributed by atoms with Crippen LogP contribution in [0.4, 0.5) is 0 Å². The molecule has 0 radical (unpaired) electrons. The van der Waals surface area contributed by atoms with E-state index in [9.17, 15) is 0 Å². The Hall–Kier alpha value is 0.500. The first-order valence-corrected chi connectivity index (χ1v) is 10.1. The molecule has 4 heteroatoms. The number of unbranched alkanes of at least 4 members (excludes halogenated alkanes) is 10. The summed E-state index contributed by atoms with van der Waals surface area (Å²) in [4.78, 5) is 3.17. The second-order valence-electron chi connectivity index (χ2n) is 7.45. The minimum absolute atomic E-state index is 0. The summed E-state index contributed by atoms with van der Waals surface area (Å²) in [6.45, 7) is 7.21. The maximum absolute atomic E-state index is 2.27. The number of rotatable bonds is 14. The monoisotopic (exact) mass is 386 g/mol. The minimum atomic E-state index is 0. The molecule has 0 atom stereocenters. The highest BCUT2D eigenvalue weighted by atomic mass is 35.5. The van der Waals surface area contributed by atoms with Crippen LogP contribution in [-0.2, 0) is 0 Å². The fourth-order valence-electron chi connectivity index (χ4n) is 2.52. The first-order valence-electron chi connectivity index (χ1n) is 10.1. The zero-order valence-electron chi connectivity index (χ0n) is 17.7. The highest BCUT2D eigenvalue weighted by Crippen LogP contribution is 2.04. The van der Waals surface area contributed by atoms with Crippen molar-refractivity contribution in [1.29, 1.82) is 0 Å². The summed E-state index contributed by atoms with van der Waals surface area (Å²) in [5.74, 6) is 0. The molecule has 2 N–H and O–H groups in total. The van der Waals surface area contributed by atoms with E-state index in [2.05, 4.69) is 42.0 Å². The van der Waals surface area contributed by atoms with Crippen LogP contribution in [0, 0.1) is 0 Å². The van der Waals surface area contributed by atoms with E-state index < -0.39 is 0 Å². The van der Waals surface area contributed by atoms with Crippen LogP contribution in [0.3, 0.4) is 0 Å². The van der Waals surface area contributed by atoms with E-state index in [-0.39, 0.29) is 24.8 Å². The molecule has 0 heterocycles. The van der Waals surface area contributed by atoms with E-state index in [4.69, 9.17) is 0 Å². The zero-order valence-corrected chi connectivity index (χ0v) is 19.2. The van der Waals surface area contributed by atoms with Crippen molar-refractivity contribution in [2.75, 3.05) is 41.3 Å². The number of hydrogen-bond acceptors (Lipinski definition) is 0. The number of hydrogen-bond donors (Lipinski definition) is 2.